The molecule has 38 heavy (non-hydrogen) atoms. The maximum absolute atomic E-state index is 14.2. The number of benzene rings is 2. The van der Waals surface area contributed by atoms with E-state index in [1.807, 2.05) is 0 Å². The number of halogens is 6. The Bertz CT molecular complexity index is 1290. The summed E-state index contributed by atoms with van der Waals surface area (Å²) in [6.07, 6.45) is -6.13. The number of imidazole rings is 1. The molecule has 0 bridgehead atoms. The van der Waals surface area contributed by atoms with Gasteiger partial charge < -0.3 is 19.4 Å². The molecule has 0 saturated carbocycles. The average Bonchev–Trinajstić information content (AvgIpc) is 3.40. The summed E-state index contributed by atoms with van der Waals surface area (Å²) in [7, 11) is 0. The van der Waals surface area contributed by atoms with Crippen LogP contribution in [0, 0.1) is 0 Å². The summed E-state index contributed by atoms with van der Waals surface area (Å²) in [6, 6.07) is 7.99. The molecule has 0 radical (unpaired) electrons. The van der Waals surface area contributed by atoms with Gasteiger partial charge in [0, 0.05) is 24.1 Å². The van der Waals surface area contributed by atoms with Gasteiger partial charge in [0.15, 0.2) is 0 Å². The van der Waals surface area contributed by atoms with E-state index in [0.29, 0.717) is 17.5 Å². The molecule has 1 aliphatic rings. The van der Waals surface area contributed by atoms with E-state index in [4.69, 9.17) is 9.47 Å². The molecule has 4 rings (SSSR count). The van der Waals surface area contributed by atoms with E-state index in [-0.39, 0.29) is 43.6 Å². The summed E-state index contributed by atoms with van der Waals surface area (Å²) in [5.74, 6) is -0.425. The van der Waals surface area contributed by atoms with Gasteiger partial charge in [-0.15, -0.1) is 0 Å². The highest BCUT2D eigenvalue weighted by Crippen LogP contribution is 2.49. The van der Waals surface area contributed by atoms with Crippen LogP contribution in [-0.2, 0) is 28.5 Å². The summed E-state index contributed by atoms with van der Waals surface area (Å²) in [6.45, 7) is 1.04. The van der Waals surface area contributed by atoms with Gasteiger partial charge >= 0.3 is 12.4 Å². The number of amides is 1. The lowest BCUT2D eigenvalue weighted by atomic mass is 9.99. The molecule has 2 aromatic carbocycles. The number of H-pyrrole nitrogens is 1. The standard InChI is InChI=1S/C25H21F6N3O3S/c26-24(27,28)22-16(6-8-21(35)34-9-11-36-12-10-34)5-7-20(23(22)25(29,30)31)38-19-4-2-1-3-18(19)37-14-17-13-32-15-33-17/h1-8,13,15H,9-12,14H2,(H,32,33)/b8-6+. The third kappa shape index (κ3) is 6.70. The van der Waals surface area contributed by atoms with Crippen molar-refractivity contribution in [1.82, 2.24) is 14.9 Å². The van der Waals surface area contributed by atoms with Crippen LogP contribution in [0.5, 0.6) is 5.75 Å². The van der Waals surface area contributed by atoms with Crippen LogP contribution in [-0.4, -0.2) is 47.1 Å². The highest BCUT2D eigenvalue weighted by atomic mass is 32.2. The first kappa shape index (κ1) is 27.6. The number of para-hydroxylation sites is 1. The van der Waals surface area contributed by atoms with Crippen LogP contribution in [0.2, 0.25) is 0 Å². The Balaban J connectivity index is 1.70. The van der Waals surface area contributed by atoms with E-state index in [1.54, 1.807) is 6.07 Å². The maximum atomic E-state index is 14.2. The molecule has 6 nitrogen and oxygen atoms in total. The van der Waals surface area contributed by atoms with Gasteiger partial charge in [0.05, 0.1) is 47.5 Å². The molecule has 0 atom stereocenters. The van der Waals surface area contributed by atoms with Crippen molar-refractivity contribution >= 4 is 23.7 Å². The number of hydrogen-bond acceptors (Lipinski definition) is 5. The second kappa shape index (κ2) is 11.5. The Kier molecular flexibility index (Phi) is 8.36. The fourth-order valence-corrected chi connectivity index (χ4v) is 4.82. The normalized spacial score (nSPS) is 14.7. The molecule has 1 N–H and O–H groups in total. The minimum Gasteiger partial charge on any atom is -0.486 e. The number of aromatic amines is 1. The fraction of sp³-hybridized carbons (Fsp3) is 0.280. The molecule has 0 unspecified atom stereocenters. The van der Waals surface area contributed by atoms with E-state index in [2.05, 4.69) is 9.97 Å². The first-order valence-corrected chi connectivity index (χ1v) is 12.1. The van der Waals surface area contributed by atoms with Crippen molar-refractivity contribution in [3.63, 3.8) is 0 Å². The zero-order chi connectivity index (χ0) is 27.3. The van der Waals surface area contributed by atoms with E-state index in [9.17, 15) is 31.1 Å². The van der Waals surface area contributed by atoms with Crippen LogP contribution >= 0.6 is 11.8 Å². The van der Waals surface area contributed by atoms with E-state index in [1.165, 1.54) is 35.6 Å². The van der Waals surface area contributed by atoms with Crippen LogP contribution in [0.3, 0.4) is 0 Å². The molecular weight excluding hydrogens is 536 g/mol. The zero-order valence-corrected chi connectivity index (χ0v) is 20.4. The second-order valence-corrected chi connectivity index (χ2v) is 9.17. The van der Waals surface area contributed by atoms with Crippen LogP contribution in [0.1, 0.15) is 22.4 Å². The highest BCUT2D eigenvalue weighted by Gasteiger charge is 2.46. The van der Waals surface area contributed by atoms with E-state index >= 15 is 0 Å². The van der Waals surface area contributed by atoms with Crippen molar-refractivity contribution < 1.29 is 40.6 Å². The number of hydrogen-bond donors (Lipinski definition) is 1. The van der Waals surface area contributed by atoms with Crippen molar-refractivity contribution in [2.45, 2.75) is 28.8 Å². The molecule has 3 aromatic rings. The predicted octanol–water partition coefficient (Wildman–Crippen LogP) is 6.05. The summed E-state index contributed by atoms with van der Waals surface area (Å²) in [4.78, 5) is 19.9. The van der Waals surface area contributed by atoms with Crippen molar-refractivity contribution in [2.24, 2.45) is 0 Å². The Morgan fingerprint density at radius 3 is 2.39 bits per heavy atom. The molecule has 202 valence electrons. The van der Waals surface area contributed by atoms with Crippen molar-refractivity contribution in [3.8, 4) is 5.75 Å². The average molecular weight is 558 g/mol. The molecule has 1 aliphatic heterocycles. The van der Waals surface area contributed by atoms with Gasteiger partial charge in [-0.05, 0) is 29.8 Å². The van der Waals surface area contributed by atoms with Crippen LogP contribution in [0.4, 0.5) is 26.3 Å². The number of rotatable bonds is 7. The largest absolute Gasteiger partial charge is 0.486 e. The van der Waals surface area contributed by atoms with Crippen LogP contribution in [0.15, 0.2) is 64.8 Å². The lowest BCUT2D eigenvalue weighted by Gasteiger charge is -2.25. The highest BCUT2D eigenvalue weighted by molar-refractivity contribution is 7.99. The Morgan fingerprint density at radius 2 is 1.74 bits per heavy atom. The number of carbonyl (C=O) groups excluding carboxylic acids is 1. The number of alkyl halides is 6. The fourth-order valence-electron chi connectivity index (χ4n) is 3.75. The molecule has 1 amide bonds. The molecule has 0 spiro atoms. The van der Waals surface area contributed by atoms with E-state index < -0.39 is 39.8 Å². The number of carbonyl (C=O) groups is 1. The summed E-state index contributed by atoms with van der Waals surface area (Å²) in [5, 5.41) is 0. The Labute approximate surface area is 217 Å². The maximum Gasteiger partial charge on any atom is 0.418 e. The zero-order valence-electron chi connectivity index (χ0n) is 19.6. The second-order valence-electron chi connectivity index (χ2n) is 8.08. The minimum atomic E-state index is -5.35. The number of morpholine rings is 1. The number of nitrogens with one attached hydrogen (secondary N) is 1. The summed E-state index contributed by atoms with van der Waals surface area (Å²) in [5.41, 5.74) is -3.86. The number of ether oxygens (including phenoxy) is 2. The Hall–Kier alpha value is -3.45. The Morgan fingerprint density at radius 1 is 1.03 bits per heavy atom. The summed E-state index contributed by atoms with van der Waals surface area (Å²) < 4.78 is 95.6. The van der Waals surface area contributed by atoms with Crippen molar-refractivity contribution in [1.29, 1.82) is 0 Å². The van der Waals surface area contributed by atoms with Gasteiger partial charge in [-0.25, -0.2) is 4.98 Å². The number of aromatic nitrogens is 2. The third-order valence-corrected chi connectivity index (χ3v) is 6.62. The first-order chi connectivity index (χ1) is 18.0. The molecule has 1 aromatic heterocycles. The van der Waals surface area contributed by atoms with E-state index in [0.717, 1.165) is 24.3 Å². The smallest absolute Gasteiger partial charge is 0.418 e. The lowest BCUT2D eigenvalue weighted by Crippen LogP contribution is -2.39. The van der Waals surface area contributed by atoms with Gasteiger partial charge in [-0.2, -0.15) is 26.3 Å². The van der Waals surface area contributed by atoms with Gasteiger partial charge in [0.1, 0.15) is 12.4 Å². The van der Waals surface area contributed by atoms with Gasteiger partial charge in [0.25, 0.3) is 0 Å². The summed E-state index contributed by atoms with van der Waals surface area (Å²) >= 11 is 0.507. The first-order valence-electron chi connectivity index (χ1n) is 11.3. The predicted molar refractivity (Wildman–Crippen MR) is 126 cm³/mol. The van der Waals surface area contributed by atoms with Crippen molar-refractivity contribution in [3.05, 3.63) is 77.4 Å². The molecule has 2 heterocycles. The van der Waals surface area contributed by atoms with Gasteiger partial charge in [-0.1, -0.05) is 30.0 Å². The van der Waals surface area contributed by atoms with Gasteiger partial charge in [-0.3, -0.25) is 4.79 Å². The minimum absolute atomic E-state index is 0.0262. The van der Waals surface area contributed by atoms with Crippen molar-refractivity contribution in [2.75, 3.05) is 26.3 Å². The molecular formula is C25H21F6N3O3S. The lowest BCUT2D eigenvalue weighted by molar-refractivity contribution is -0.163. The number of nitrogens with zero attached hydrogens (tertiary/aromatic N) is 2. The molecule has 0 aliphatic carbocycles. The monoisotopic (exact) mass is 557 g/mol. The van der Waals surface area contributed by atoms with Gasteiger partial charge in [0.2, 0.25) is 5.91 Å². The topological polar surface area (TPSA) is 67.5 Å². The quantitative estimate of drug-likeness (QED) is 0.283. The van der Waals surface area contributed by atoms with Crippen LogP contribution in [0.25, 0.3) is 6.08 Å². The molecule has 1 fully saturated rings. The third-order valence-electron chi connectivity index (χ3n) is 5.50. The molecule has 1 saturated heterocycles. The van der Waals surface area contributed by atoms with Crippen LogP contribution < -0.4 is 4.74 Å². The molecule has 13 heteroatoms. The SMILES string of the molecule is O=C(/C=C/c1ccc(Sc2ccccc2OCc2cnc[nH]2)c(C(F)(F)F)c1C(F)(F)F)N1CCOCC1.